The van der Waals surface area contributed by atoms with Crippen molar-refractivity contribution in [1.29, 1.82) is 0 Å². The predicted molar refractivity (Wildman–Crippen MR) is 58.8 cm³/mol. The molecule has 0 spiro atoms. The molecule has 2 aromatic carbocycles. The van der Waals surface area contributed by atoms with Crippen LogP contribution in [0.3, 0.4) is 0 Å². The van der Waals surface area contributed by atoms with Crippen LogP contribution in [0.2, 0.25) is 5.02 Å². The van der Waals surface area contributed by atoms with Crippen LogP contribution in [0.15, 0.2) is 30.3 Å². The van der Waals surface area contributed by atoms with E-state index in [4.69, 9.17) is 17.3 Å². The minimum atomic E-state index is 0.506. The van der Waals surface area contributed by atoms with E-state index in [0.717, 1.165) is 17.1 Å². The van der Waals surface area contributed by atoms with Crippen LogP contribution in [0.25, 0.3) is 10.8 Å². The summed E-state index contributed by atoms with van der Waals surface area (Å²) in [6.45, 7) is 0. The van der Waals surface area contributed by atoms with E-state index in [0.29, 0.717) is 16.3 Å². The minimum Gasteiger partial charge on any atom is -0.398 e. The van der Waals surface area contributed by atoms with Gasteiger partial charge in [0.1, 0.15) is 0 Å². The maximum absolute atomic E-state index is 10.7. The Labute approximate surface area is 86.3 Å². The fraction of sp³-hybridized carbons (Fsp3) is 0. The molecule has 2 N–H and O–H groups in total. The molecule has 2 aromatic rings. The van der Waals surface area contributed by atoms with Crippen molar-refractivity contribution in [2.24, 2.45) is 0 Å². The number of fused-ring (bicyclic) bond motifs is 1. The van der Waals surface area contributed by atoms with Gasteiger partial charge in [-0.05, 0) is 11.5 Å². The van der Waals surface area contributed by atoms with Crippen molar-refractivity contribution in [3.05, 3.63) is 40.9 Å². The third-order valence-corrected chi connectivity index (χ3v) is 2.61. The van der Waals surface area contributed by atoms with E-state index < -0.39 is 0 Å². The van der Waals surface area contributed by atoms with Crippen LogP contribution in [-0.4, -0.2) is 6.29 Å². The molecule has 0 heterocycles. The molecule has 0 bridgehead atoms. The highest BCUT2D eigenvalue weighted by Crippen LogP contribution is 2.30. The molecule has 0 amide bonds. The van der Waals surface area contributed by atoms with Gasteiger partial charge in [0.05, 0.1) is 10.7 Å². The van der Waals surface area contributed by atoms with Gasteiger partial charge in [-0.2, -0.15) is 0 Å². The lowest BCUT2D eigenvalue weighted by Crippen LogP contribution is -1.89. The summed E-state index contributed by atoms with van der Waals surface area (Å²) in [6, 6.07) is 8.90. The van der Waals surface area contributed by atoms with Gasteiger partial charge >= 0.3 is 0 Å². The summed E-state index contributed by atoms with van der Waals surface area (Å²) in [4.78, 5) is 10.7. The van der Waals surface area contributed by atoms with Gasteiger partial charge in [-0.3, -0.25) is 4.79 Å². The van der Waals surface area contributed by atoms with Crippen molar-refractivity contribution >= 4 is 34.3 Å². The number of carbonyl (C=O) groups excluding carboxylic acids is 1. The van der Waals surface area contributed by atoms with E-state index in [9.17, 15) is 4.79 Å². The number of carbonyl (C=O) groups is 1. The molecule has 70 valence electrons. The SMILES string of the molecule is Nc1ccc2c(C=O)cccc2c1Cl. The molecule has 0 atom stereocenters. The molecule has 3 heteroatoms. The zero-order valence-corrected chi connectivity index (χ0v) is 8.08. The van der Waals surface area contributed by atoms with Crippen LogP contribution < -0.4 is 5.73 Å². The van der Waals surface area contributed by atoms with Gasteiger partial charge in [0.2, 0.25) is 0 Å². The van der Waals surface area contributed by atoms with Gasteiger partial charge in [-0.25, -0.2) is 0 Å². The Kier molecular flexibility index (Phi) is 2.14. The highest BCUT2D eigenvalue weighted by Gasteiger charge is 2.05. The molecule has 0 fully saturated rings. The van der Waals surface area contributed by atoms with Gasteiger partial charge in [0.25, 0.3) is 0 Å². The Morgan fingerprint density at radius 3 is 2.64 bits per heavy atom. The van der Waals surface area contributed by atoms with E-state index >= 15 is 0 Å². The molecular formula is C11H8ClNO. The van der Waals surface area contributed by atoms with Crippen molar-refractivity contribution in [2.45, 2.75) is 0 Å². The second kappa shape index (κ2) is 3.31. The molecule has 0 aliphatic heterocycles. The molecule has 0 aliphatic carbocycles. The number of anilines is 1. The topological polar surface area (TPSA) is 43.1 Å². The average molecular weight is 206 g/mol. The third-order valence-electron chi connectivity index (χ3n) is 2.19. The molecule has 0 aromatic heterocycles. The minimum absolute atomic E-state index is 0.506. The van der Waals surface area contributed by atoms with Crippen LogP contribution in [0, 0.1) is 0 Å². The average Bonchev–Trinajstić information content (AvgIpc) is 2.23. The molecule has 0 saturated heterocycles. The molecule has 14 heavy (non-hydrogen) atoms. The normalized spacial score (nSPS) is 10.4. The third kappa shape index (κ3) is 1.24. The molecule has 0 aliphatic rings. The number of hydrogen-bond donors (Lipinski definition) is 1. The summed E-state index contributed by atoms with van der Waals surface area (Å²) in [5.41, 5.74) is 6.82. The quantitative estimate of drug-likeness (QED) is 0.575. The summed E-state index contributed by atoms with van der Waals surface area (Å²) >= 11 is 6.01. The standard InChI is InChI=1S/C11H8ClNO/c12-11-9-3-1-2-7(6-14)8(9)4-5-10(11)13/h1-6H,13H2. The number of halogens is 1. The van der Waals surface area contributed by atoms with E-state index in [1.807, 2.05) is 6.07 Å². The lowest BCUT2D eigenvalue weighted by atomic mass is 10.0. The van der Waals surface area contributed by atoms with E-state index in [-0.39, 0.29) is 0 Å². The van der Waals surface area contributed by atoms with E-state index in [1.165, 1.54) is 0 Å². The van der Waals surface area contributed by atoms with E-state index in [2.05, 4.69) is 0 Å². The highest BCUT2D eigenvalue weighted by atomic mass is 35.5. The number of nitrogens with two attached hydrogens (primary N) is 1. The molecule has 0 radical (unpaired) electrons. The Morgan fingerprint density at radius 2 is 1.93 bits per heavy atom. The lowest BCUT2D eigenvalue weighted by molar-refractivity contribution is 0.112. The molecule has 0 unspecified atom stereocenters. The van der Waals surface area contributed by atoms with Crippen molar-refractivity contribution in [1.82, 2.24) is 0 Å². The van der Waals surface area contributed by atoms with Crippen LogP contribution in [0.5, 0.6) is 0 Å². The van der Waals surface area contributed by atoms with E-state index in [1.54, 1.807) is 24.3 Å². The molecule has 2 nitrogen and oxygen atoms in total. The highest BCUT2D eigenvalue weighted by molar-refractivity contribution is 6.38. The zero-order valence-electron chi connectivity index (χ0n) is 7.33. The monoisotopic (exact) mass is 205 g/mol. The second-order valence-electron chi connectivity index (χ2n) is 3.03. The number of nitrogen functional groups attached to an aromatic ring is 1. The summed E-state index contributed by atoms with van der Waals surface area (Å²) in [6.07, 6.45) is 0.814. The maximum Gasteiger partial charge on any atom is 0.150 e. The van der Waals surface area contributed by atoms with Gasteiger partial charge in [-0.15, -0.1) is 0 Å². The summed E-state index contributed by atoms with van der Waals surface area (Å²) in [5, 5.41) is 2.16. The van der Waals surface area contributed by atoms with Crippen molar-refractivity contribution < 1.29 is 4.79 Å². The Bertz CT molecular complexity index is 508. The first-order valence-electron chi connectivity index (χ1n) is 4.16. The number of aldehydes is 1. The first kappa shape index (κ1) is 9.03. The Balaban J connectivity index is 2.92. The summed E-state index contributed by atoms with van der Waals surface area (Å²) < 4.78 is 0. The van der Waals surface area contributed by atoms with Gasteiger partial charge < -0.3 is 5.73 Å². The molecular weight excluding hydrogens is 198 g/mol. The smallest absolute Gasteiger partial charge is 0.150 e. The summed E-state index contributed by atoms with van der Waals surface area (Å²) in [7, 11) is 0. The fourth-order valence-electron chi connectivity index (χ4n) is 1.47. The first-order valence-corrected chi connectivity index (χ1v) is 4.53. The van der Waals surface area contributed by atoms with Crippen LogP contribution >= 0.6 is 11.6 Å². The molecule has 2 rings (SSSR count). The predicted octanol–water partition coefficient (Wildman–Crippen LogP) is 2.89. The number of rotatable bonds is 1. The van der Waals surface area contributed by atoms with Gasteiger partial charge in [0.15, 0.2) is 6.29 Å². The lowest BCUT2D eigenvalue weighted by Gasteiger charge is -2.04. The Morgan fingerprint density at radius 1 is 1.14 bits per heavy atom. The van der Waals surface area contributed by atoms with Gasteiger partial charge in [-0.1, -0.05) is 35.9 Å². The number of benzene rings is 2. The zero-order chi connectivity index (χ0) is 10.1. The summed E-state index contributed by atoms with van der Waals surface area (Å²) in [5.74, 6) is 0. The fourth-order valence-corrected chi connectivity index (χ4v) is 1.69. The van der Waals surface area contributed by atoms with Crippen molar-refractivity contribution in [3.63, 3.8) is 0 Å². The van der Waals surface area contributed by atoms with Crippen molar-refractivity contribution in [3.8, 4) is 0 Å². The van der Waals surface area contributed by atoms with Gasteiger partial charge in [0, 0.05) is 10.9 Å². The first-order chi connectivity index (χ1) is 6.74. The molecule has 0 saturated carbocycles. The Hall–Kier alpha value is -1.54. The largest absolute Gasteiger partial charge is 0.398 e. The van der Waals surface area contributed by atoms with Crippen molar-refractivity contribution in [2.75, 3.05) is 5.73 Å². The maximum atomic E-state index is 10.7. The second-order valence-corrected chi connectivity index (χ2v) is 3.41. The number of hydrogen-bond acceptors (Lipinski definition) is 2. The van der Waals surface area contributed by atoms with Crippen LogP contribution in [0.4, 0.5) is 5.69 Å². The van der Waals surface area contributed by atoms with Crippen LogP contribution in [-0.2, 0) is 0 Å². The van der Waals surface area contributed by atoms with Crippen LogP contribution in [0.1, 0.15) is 10.4 Å².